The van der Waals surface area contributed by atoms with Gasteiger partial charge < -0.3 is 15.5 Å². The number of likely N-dealkylation sites (N-methyl/N-ethyl adjacent to an activating group) is 1. The van der Waals surface area contributed by atoms with Gasteiger partial charge in [0, 0.05) is 25.3 Å². The summed E-state index contributed by atoms with van der Waals surface area (Å²) in [6.45, 7) is 1.43. The molecule has 7 heteroatoms. The number of benzene rings is 2. The SMILES string of the molecule is CN(C)C1CCN(C(=O)/C(N)=C/N(N)c2ccccc2)C1.Fc1ccccc1. The largest absolute Gasteiger partial charge is 0.393 e. The zero-order chi connectivity index (χ0) is 20.5. The molecule has 1 aliphatic heterocycles. The van der Waals surface area contributed by atoms with Crippen molar-refractivity contribution in [1.82, 2.24) is 9.80 Å². The zero-order valence-corrected chi connectivity index (χ0v) is 16.3. The highest BCUT2D eigenvalue weighted by Crippen LogP contribution is 2.15. The number of hydrogen-bond donors (Lipinski definition) is 2. The van der Waals surface area contributed by atoms with Crippen molar-refractivity contribution in [3.8, 4) is 0 Å². The van der Waals surface area contributed by atoms with Gasteiger partial charge in [0.2, 0.25) is 0 Å². The number of para-hydroxylation sites is 1. The van der Waals surface area contributed by atoms with Crippen molar-refractivity contribution < 1.29 is 9.18 Å². The van der Waals surface area contributed by atoms with Crippen molar-refractivity contribution in [2.24, 2.45) is 11.6 Å². The predicted octanol–water partition coefficient (Wildman–Crippen LogP) is 2.16. The summed E-state index contributed by atoms with van der Waals surface area (Å²) in [6.07, 6.45) is 2.44. The number of nitrogens with two attached hydrogens (primary N) is 2. The van der Waals surface area contributed by atoms with E-state index in [-0.39, 0.29) is 17.4 Å². The first-order valence-electron chi connectivity index (χ1n) is 9.11. The first-order chi connectivity index (χ1) is 13.4. The summed E-state index contributed by atoms with van der Waals surface area (Å²) in [5.41, 5.74) is 6.82. The van der Waals surface area contributed by atoms with Crippen molar-refractivity contribution in [3.05, 3.63) is 78.4 Å². The van der Waals surface area contributed by atoms with Crippen molar-refractivity contribution >= 4 is 11.6 Å². The van der Waals surface area contributed by atoms with Crippen LogP contribution in [0.25, 0.3) is 0 Å². The van der Waals surface area contributed by atoms with E-state index in [1.165, 1.54) is 23.3 Å². The number of amides is 1. The Kier molecular flexibility index (Phi) is 7.98. The molecule has 1 saturated heterocycles. The molecule has 150 valence electrons. The summed E-state index contributed by atoms with van der Waals surface area (Å²) in [6, 6.07) is 17.7. The molecule has 3 rings (SSSR count). The van der Waals surface area contributed by atoms with Crippen LogP contribution in [0.4, 0.5) is 10.1 Å². The van der Waals surface area contributed by atoms with Crippen LogP contribution < -0.4 is 16.6 Å². The molecule has 4 N–H and O–H groups in total. The molecule has 28 heavy (non-hydrogen) atoms. The van der Waals surface area contributed by atoms with Gasteiger partial charge in [-0.2, -0.15) is 0 Å². The fourth-order valence-electron chi connectivity index (χ4n) is 2.82. The van der Waals surface area contributed by atoms with E-state index in [0.29, 0.717) is 12.6 Å². The lowest BCUT2D eigenvalue weighted by Crippen LogP contribution is -2.38. The maximum atomic E-state index is 12.3. The topological polar surface area (TPSA) is 78.8 Å². The van der Waals surface area contributed by atoms with Crippen molar-refractivity contribution in [3.63, 3.8) is 0 Å². The number of nitrogens with zero attached hydrogens (tertiary/aromatic N) is 3. The molecular weight excluding hydrogens is 357 g/mol. The number of likely N-dealkylation sites (tertiary alicyclic amines) is 1. The Morgan fingerprint density at radius 1 is 1.11 bits per heavy atom. The molecule has 0 bridgehead atoms. The van der Waals surface area contributed by atoms with E-state index in [0.717, 1.165) is 18.7 Å². The number of rotatable bonds is 4. The van der Waals surface area contributed by atoms with E-state index >= 15 is 0 Å². The summed E-state index contributed by atoms with van der Waals surface area (Å²) in [5.74, 6) is 5.57. The van der Waals surface area contributed by atoms with E-state index in [4.69, 9.17) is 11.6 Å². The lowest BCUT2D eigenvalue weighted by Gasteiger charge is -2.21. The second-order valence-corrected chi connectivity index (χ2v) is 6.78. The monoisotopic (exact) mass is 385 g/mol. The predicted molar refractivity (Wildman–Crippen MR) is 110 cm³/mol. The molecule has 0 saturated carbocycles. The summed E-state index contributed by atoms with van der Waals surface area (Å²) in [5, 5.41) is 1.37. The number of hydrazine groups is 1. The highest BCUT2D eigenvalue weighted by Gasteiger charge is 2.28. The smallest absolute Gasteiger partial charge is 0.271 e. The molecule has 0 aromatic heterocycles. The zero-order valence-electron chi connectivity index (χ0n) is 16.3. The molecule has 0 spiro atoms. The van der Waals surface area contributed by atoms with Gasteiger partial charge in [-0.15, -0.1) is 0 Å². The third-order valence-corrected chi connectivity index (χ3v) is 4.49. The molecule has 1 amide bonds. The molecule has 1 aliphatic rings. The maximum absolute atomic E-state index is 12.3. The fraction of sp³-hybridized carbons (Fsp3) is 0.286. The van der Waals surface area contributed by atoms with E-state index in [2.05, 4.69) is 4.90 Å². The Labute approximate surface area is 165 Å². The summed E-state index contributed by atoms with van der Waals surface area (Å²) in [4.78, 5) is 16.2. The van der Waals surface area contributed by atoms with Crippen LogP contribution in [0.15, 0.2) is 72.6 Å². The fourth-order valence-corrected chi connectivity index (χ4v) is 2.82. The van der Waals surface area contributed by atoms with Crippen LogP contribution in [0.1, 0.15) is 6.42 Å². The van der Waals surface area contributed by atoms with Crippen LogP contribution in [0.2, 0.25) is 0 Å². The minimum atomic E-state index is -0.178. The van der Waals surface area contributed by atoms with Gasteiger partial charge >= 0.3 is 0 Å². The molecular formula is C21H28FN5O. The summed E-state index contributed by atoms with van der Waals surface area (Å²) >= 11 is 0. The molecule has 1 unspecified atom stereocenters. The van der Waals surface area contributed by atoms with Gasteiger partial charge in [0.15, 0.2) is 0 Å². The molecule has 2 aromatic rings. The average Bonchev–Trinajstić information content (AvgIpc) is 3.19. The van der Waals surface area contributed by atoms with Crippen molar-refractivity contribution in [1.29, 1.82) is 0 Å². The Bertz CT molecular complexity index is 767. The normalized spacial score (nSPS) is 16.5. The third kappa shape index (κ3) is 6.37. The average molecular weight is 385 g/mol. The Hall–Kier alpha value is -2.90. The van der Waals surface area contributed by atoms with Crippen LogP contribution in [0, 0.1) is 5.82 Å². The number of hydrogen-bond acceptors (Lipinski definition) is 5. The van der Waals surface area contributed by atoms with Gasteiger partial charge in [-0.1, -0.05) is 36.4 Å². The molecule has 1 atom stereocenters. The van der Waals surface area contributed by atoms with Crippen LogP contribution in [-0.4, -0.2) is 48.9 Å². The molecule has 6 nitrogen and oxygen atoms in total. The maximum Gasteiger partial charge on any atom is 0.271 e. The van der Waals surface area contributed by atoms with Gasteiger partial charge in [0.1, 0.15) is 11.5 Å². The van der Waals surface area contributed by atoms with E-state index in [1.807, 2.05) is 44.4 Å². The molecule has 0 aliphatic carbocycles. The minimum Gasteiger partial charge on any atom is -0.393 e. The van der Waals surface area contributed by atoms with Crippen molar-refractivity contribution in [2.75, 3.05) is 32.2 Å². The molecule has 1 fully saturated rings. The Morgan fingerprint density at radius 2 is 1.68 bits per heavy atom. The highest BCUT2D eigenvalue weighted by atomic mass is 19.1. The second kappa shape index (κ2) is 10.4. The van der Waals surface area contributed by atoms with Gasteiger partial charge in [-0.25, -0.2) is 10.2 Å². The first-order valence-corrected chi connectivity index (χ1v) is 9.11. The van der Waals surface area contributed by atoms with Gasteiger partial charge in [-0.05, 0) is 44.8 Å². The number of carbonyl (C=O) groups excluding carboxylic acids is 1. The number of halogens is 1. The highest BCUT2D eigenvalue weighted by molar-refractivity contribution is 5.93. The van der Waals surface area contributed by atoms with E-state index in [1.54, 1.807) is 23.1 Å². The van der Waals surface area contributed by atoms with Crippen LogP contribution in [0.3, 0.4) is 0 Å². The van der Waals surface area contributed by atoms with Crippen LogP contribution in [-0.2, 0) is 4.79 Å². The van der Waals surface area contributed by atoms with E-state index < -0.39 is 0 Å². The Morgan fingerprint density at radius 3 is 2.14 bits per heavy atom. The summed E-state index contributed by atoms with van der Waals surface area (Å²) in [7, 11) is 4.05. The molecule has 0 radical (unpaired) electrons. The minimum absolute atomic E-state index is 0.153. The lowest BCUT2D eigenvalue weighted by atomic mass is 10.2. The Balaban J connectivity index is 0.000000336. The molecule has 2 aromatic carbocycles. The van der Waals surface area contributed by atoms with E-state index in [9.17, 15) is 9.18 Å². The van der Waals surface area contributed by atoms with Crippen LogP contribution >= 0.6 is 0 Å². The van der Waals surface area contributed by atoms with Crippen molar-refractivity contribution in [2.45, 2.75) is 12.5 Å². The first kappa shape index (κ1) is 21.4. The van der Waals surface area contributed by atoms with Gasteiger partial charge in [0.25, 0.3) is 5.91 Å². The quantitative estimate of drug-likeness (QED) is 0.479. The standard InChI is InChI=1S/C15H23N5O.C6H5F/c1-18(2)13-8-9-19(10-13)15(21)14(16)11-20(17)12-6-4-3-5-7-12;7-6-4-2-1-3-5-6/h3-7,11,13H,8-10,16-17H2,1-2H3;1-5H/b14-11-;. The van der Waals surface area contributed by atoms with Gasteiger partial charge in [0.05, 0.1) is 5.69 Å². The van der Waals surface area contributed by atoms with Gasteiger partial charge in [-0.3, -0.25) is 9.80 Å². The molecule has 1 heterocycles. The second-order valence-electron chi connectivity index (χ2n) is 6.78. The third-order valence-electron chi connectivity index (χ3n) is 4.49. The lowest BCUT2D eigenvalue weighted by molar-refractivity contribution is -0.126. The summed E-state index contributed by atoms with van der Waals surface area (Å²) < 4.78 is 11.9. The number of anilines is 1. The van der Waals surface area contributed by atoms with Crippen LogP contribution in [0.5, 0.6) is 0 Å². The number of carbonyl (C=O) groups is 1.